The number of aromatic nitrogens is 5. The van der Waals surface area contributed by atoms with Crippen molar-refractivity contribution < 1.29 is 18.0 Å². The van der Waals surface area contributed by atoms with E-state index in [1.165, 1.54) is 11.3 Å². The lowest BCUT2D eigenvalue weighted by Gasteiger charge is -2.10. The SMILES string of the molecule is Cc1nc2nc(C(F)(F)F)nn2c(C)c1CCC(=O)Nc1ncc(Cc2cccc(Cl)c2)s1. The molecule has 0 bridgehead atoms. The van der Waals surface area contributed by atoms with Crippen LogP contribution in [0.25, 0.3) is 5.78 Å². The zero-order chi connectivity index (χ0) is 23.8. The van der Waals surface area contributed by atoms with Gasteiger partial charge in [-0.3, -0.25) is 4.79 Å². The van der Waals surface area contributed by atoms with Gasteiger partial charge in [0.1, 0.15) is 0 Å². The Kier molecular flexibility index (Phi) is 6.35. The number of carbonyl (C=O) groups excluding carboxylic acids is 1. The van der Waals surface area contributed by atoms with Crippen LogP contribution in [-0.2, 0) is 23.8 Å². The zero-order valence-electron chi connectivity index (χ0n) is 17.6. The van der Waals surface area contributed by atoms with Crippen molar-refractivity contribution in [3.05, 3.63) is 68.7 Å². The number of hydrogen-bond acceptors (Lipinski definition) is 6. The fourth-order valence-electron chi connectivity index (χ4n) is 3.41. The molecule has 7 nitrogen and oxygen atoms in total. The fourth-order valence-corrected chi connectivity index (χ4v) is 4.48. The molecule has 3 aromatic heterocycles. The molecule has 0 saturated heterocycles. The van der Waals surface area contributed by atoms with Gasteiger partial charge in [0, 0.05) is 40.3 Å². The molecule has 0 unspecified atom stereocenters. The predicted octanol–water partition coefficient (Wildman–Crippen LogP) is 5.03. The van der Waals surface area contributed by atoms with E-state index in [9.17, 15) is 18.0 Å². The number of benzene rings is 1. The summed E-state index contributed by atoms with van der Waals surface area (Å²) >= 11 is 7.38. The molecule has 0 radical (unpaired) electrons. The second-order valence-corrected chi connectivity index (χ2v) is 8.94. The monoisotopic (exact) mass is 494 g/mol. The molecular weight excluding hydrogens is 477 g/mol. The maximum absolute atomic E-state index is 12.9. The number of anilines is 1. The number of rotatable bonds is 6. The molecule has 0 aliphatic rings. The van der Waals surface area contributed by atoms with Gasteiger partial charge in [0.15, 0.2) is 5.13 Å². The lowest BCUT2D eigenvalue weighted by molar-refractivity contribution is -0.144. The van der Waals surface area contributed by atoms with Gasteiger partial charge in [-0.25, -0.2) is 14.5 Å². The lowest BCUT2D eigenvalue weighted by Crippen LogP contribution is -2.14. The van der Waals surface area contributed by atoms with Gasteiger partial charge in [0.25, 0.3) is 11.6 Å². The molecule has 0 spiro atoms. The largest absolute Gasteiger partial charge is 0.453 e. The van der Waals surface area contributed by atoms with E-state index in [1.807, 2.05) is 18.2 Å². The molecule has 1 N–H and O–H groups in total. The number of thiazole rings is 1. The average Bonchev–Trinajstić information content (AvgIpc) is 3.34. The third-order valence-corrected chi connectivity index (χ3v) is 6.12. The Morgan fingerprint density at radius 2 is 2.03 bits per heavy atom. The standard InChI is InChI=1S/C21H18ClF3N6OS/c1-11-16(12(2)31-19(27-11)29-18(30-31)21(23,24)25)6-7-17(32)28-20-26-10-15(33-20)9-13-4-3-5-14(22)8-13/h3-5,8,10H,6-7,9H2,1-2H3,(H,26,28,32). The van der Waals surface area contributed by atoms with Crippen molar-refractivity contribution in [3.8, 4) is 0 Å². The van der Waals surface area contributed by atoms with E-state index < -0.39 is 12.0 Å². The van der Waals surface area contributed by atoms with Crippen molar-refractivity contribution in [2.45, 2.75) is 39.3 Å². The summed E-state index contributed by atoms with van der Waals surface area (Å²) in [4.78, 5) is 25.2. The Morgan fingerprint density at radius 3 is 2.76 bits per heavy atom. The number of halogens is 4. The Labute approximate surface area is 195 Å². The van der Waals surface area contributed by atoms with E-state index in [2.05, 4.69) is 25.4 Å². The smallest absolute Gasteiger partial charge is 0.302 e. The van der Waals surface area contributed by atoms with Crippen molar-refractivity contribution in [1.29, 1.82) is 0 Å². The van der Waals surface area contributed by atoms with Gasteiger partial charge in [0.05, 0.1) is 0 Å². The molecule has 0 saturated carbocycles. The van der Waals surface area contributed by atoms with Crippen LogP contribution in [0.4, 0.5) is 18.3 Å². The van der Waals surface area contributed by atoms with Crippen LogP contribution in [0.5, 0.6) is 0 Å². The number of nitrogens with zero attached hydrogens (tertiary/aromatic N) is 5. The van der Waals surface area contributed by atoms with Crippen LogP contribution in [-0.4, -0.2) is 30.5 Å². The van der Waals surface area contributed by atoms with Crippen LogP contribution in [0.3, 0.4) is 0 Å². The highest BCUT2D eigenvalue weighted by atomic mass is 35.5. The van der Waals surface area contributed by atoms with Crippen molar-refractivity contribution in [2.75, 3.05) is 5.32 Å². The highest BCUT2D eigenvalue weighted by Gasteiger charge is 2.37. The minimum absolute atomic E-state index is 0.110. The second kappa shape index (κ2) is 9.06. The Morgan fingerprint density at radius 1 is 1.24 bits per heavy atom. The second-order valence-electron chi connectivity index (χ2n) is 7.39. The molecule has 1 aromatic carbocycles. The molecule has 0 aliphatic carbocycles. The van der Waals surface area contributed by atoms with E-state index in [1.54, 1.807) is 26.1 Å². The van der Waals surface area contributed by atoms with E-state index in [0.29, 0.717) is 33.5 Å². The summed E-state index contributed by atoms with van der Waals surface area (Å²) in [6.45, 7) is 3.30. The topological polar surface area (TPSA) is 85.1 Å². The molecule has 3 heterocycles. The lowest BCUT2D eigenvalue weighted by atomic mass is 10.1. The molecule has 4 aromatic rings. The summed E-state index contributed by atoms with van der Waals surface area (Å²) < 4.78 is 39.9. The summed E-state index contributed by atoms with van der Waals surface area (Å²) in [6.07, 6.45) is -1.91. The van der Waals surface area contributed by atoms with Crippen molar-refractivity contribution in [2.24, 2.45) is 0 Å². The minimum Gasteiger partial charge on any atom is -0.302 e. The molecule has 1 amide bonds. The number of amides is 1. The van der Waals surface area contributed by atoms with E-state index >= 15 is 0 Å². The third kappa shape index (κ3) is 5.31. The third-order valence-electron chi connectivity index (χ3n) is 4.97. The van der Waals surface area contributed by atoms with Gasteiger partial charge in [0.2, 0.25) is 5.91 Å². The number of carbonyl (C=O) groups is 1. The van der Waals surface area contributed by atoms with Gasteiger partial charge in [-0.15, -0.1) is 16.4 Å². The first-order valence-electron chi connectivity index (χ1n) is 9.89. The summed E-state index contributed by atoms with van der Waals surface area (Å²) in [5.74, 6) is -1.63. The van der Waals surface area contributed by atoms with Crippen molar-refractivity contribution in [1.82, 2.24) is 24.6 Å². The van der Waals surface area contributed by atoms with Gasteiger partial charge in [-0.1, -0.05) is 23.7 Å². The normalized spacial score (nSPS) is 11.8. The fraction of sp³-hybridized carbons (Fsp3) is 0.286. The molecule has 33 heavy (non-hydrogen) atoms. The highest BCUT2D eigenvalue weighted by molar-refractivity contribution is 7.15. The predicted molar refractivity (Wildman–Crippen MR) is 119 cm³/mol. The molecule has 0 atom stereocenters. The average molecular weight is 495 g/mol. The molecule has 4 rings (SSSR count). The first-order valence-corrected chi connectivity index (χ1v) is 11.1. The summed E-state index contributed by atoms with van der Waals surface area (Å²) in [7, 11) is 0. The van der Waals surface area contributed by atoms with E-state index in [-0.39, 0.29) is 24.5 Å². The van der Waals surface area contributed by atoms with Crippen LogP contribution in [0.15, 0.2) is 30.5 Å². The van der Waals surface area contributed by atoms with Gasteiger partial charge in [-0.05, 0) is 43.5 Å². The van der Waals surface area contributed by atoms with Crippen molar-refractivity contribution >= 4 is 39.8 Å². The minimum atomic E-state index is -4.66. The summed E-state index contributed by atoms with van der Waals surface area (Å²) in [5, 5.41) is 7.43. The van der Waals surface area contributed by atoms with Crippen LogP contribution >= 0.6 is 22.9 Å². The van der Waals surface area contributed by atoms with Crippen LogP contribution in [0, 0.1) is 13.8 Å². The van der Waals surface area contributed by atoms with Crippen LogP contribution in [0.2, 0.25) is 5.02 Å². The van der Waals surface area contributed by atoms with Crippen LogP contribution < -0.4 is 5.32 Å². The maximum Gasteiger partial charge on any atom is 0.453 e. The van der Waals surface area contributed by atoms with Gasteiger partial charge >= 0.3 is 6.18 Å². The number of aryl methyl sites for hydroxylation is 2. The summed E-state index contributed by atoms with van der Waals surface area (Å²) in [6, 6.07) is 7.52. The van der Waals surface area contributed by atoms with Crippen LogP contribution in [0.1, 0.15) is 39.6 Å². The number of fused-ring (bicyclic) bond motifs is 1. The molecule has 0 aliphatic heterocycles. The number of hydrogen-bond donors (Lipinski definition) is 1. The quantitative estimate of drug-likeness (QED) is 0.406. The van der Waals surface area contributed by atoms with Gasteiger partial charge < -0.3 is 5.32 Å². The van der Waals surface area contributed by atoms with Gasteiger partial charge in [-0.2, -0.15) is 18.2 Å². The molecular formula is C21H18ClF3N6OS. The highest BCUT2D eigenvalue weighted by Crippen LogP contribution is 2.27. The van der Waals surface area contributed by atoms with E-state index in [4.69, 9.17) is 11.6 Å². The summed E-state index contributed by atoms with van der Waals surface area (Å²) in [5.41, 5.74) is 2.66. The maximum atomic E-state index is 12.9. The molecule has 172 valence electrons. The van der Waals surface area contributed by atoms with Crippen molar-refractivity contribution in [3.63, 3.8) is 0 Å². The molecule has 12 heteroatoms. The first kappa shape index (κ1) is 23.1. The Bertz CT molecular complexity index is 1330. The van der Waals surface area contributed by atoms with E-state index in [0.717, 1.165) is 15.0 Å². The Balaban J connectivity index is 1.41. The Hall–Kier alpha value is -3.05. The number of nitrogens with one attached hydrogen (secondary N) is 1. The zero-order valence-corrected chi connectivity index (χ0v) is 19.1. The molecule has 0 fully saturated rings. The first-order chi connectivity index (χ1) is 15.6. The number of alkyl halides is 3.